The van der Waals surface area contributed by atoms with Crippen molar-refractivity contribution in [1.82, 2.24) is 14.7 Å². The van der Waals surface area contributed by atoms with Crippen LogP contribution < -0.4 is 0 Å². The highest BCUT2D eigenvalue weighted by Gasteiger charge is 2.38. The Balaban J connectivity index is 1.27. The van der Waals surface area contributed by atoms with Gasteiger partial charge in [-0.05, 0) is 44.2 Å². The minimum Gasteiger partial charge on any atom is -0.467 e. The summed E-state index contributed by atoms with van der Waals surface area (Å²) in [6.45, 7) is 3.87. The Morgan fingerprint density at radius 3 is 2.32 bits per heavy atom. The van der Waals surface area contributed by atoms with E-state index < -0.39 is 0 Å². The van der Waals surface area contributed by atoms with Crippen molar-refractivity contribution in [3.8, 4) is 0 Å². The van der Waals surface area contributed by atoms with Crippen molar-refractivity contribution in [2.75, 3.05) is 32.7 Å². The summed E-state index contributed by atoms with van der Waals surface area (Å²) in [5, 5.41) is 0. The lowest BCUT2D eigenvalue weighted by atomic mass is 9.93. The van der Waals surface area contributed by atoms with Gasteiger partial charge in [0.1, 0.15) is 5.76 Å². The number of piperidine rings is 2. The van der Waals surface area contributed by atoms with Gasteiger partial charge >= 0.3 is 0 Å². The van der Waals surface area contributed by atoms with Crippen LogP contribution in [0.2, 0.25) is 0 Å². The van der Waals surface area contributed by atoms with Gasteiger partial charge in [0, 0.05) is 45.1 Å². The molecule has 4 rings (SSSR count). The zero-order valence-electron chi connectivity index (χ0n) is 16.3. The first-order chi connectivity index (χ1) is 13.6. The first-order valence-electron chi connectivity index (χ1n) is 10.5. The van der Waals surface area contributed by atoms with Crippen LogP contribution in [-0.4, -0.2) is 65.1 Å². The van der Waals surface area contributed by atoms with E-state index in [9.17, 15) is 14.4 Å². The summed E-state index contributed by atoms with van der Waals surface area (Å²) in [5.74, 6) is 0.828. The topological polar surface area (TPSA) is 74.1 Å². The van der Waals surface area contributed by atoms with Crippen LogP contribution in [0.15, 0.2) is 22.8 Å². The van der Waals surface area contributed by atoms with Crippen LogP contribution >= 0.6 is 0 Å². The lowest BCUT2D eigenvalue weighted by Gasteiger charge is -2.36. The van der Waals surface area contributed by atoms with Gasteiger partial charge in [-0.3, -0.25) is 14.4 Å². The zero-order chi connectivity index (χ0) is 19.5. The average Bonchev–Trinajstić information content (AvgIpc) is 3.38. The second-order valence-corrected chi connectivity index (χ2v) is 8.24. The number of likely N-dealkylation sites (tertiary alicyclic amines) is 3. The lowest BCUT2D eigenvalue weighted by Crippen LogP contribution is -2.47. The van der Waals surface area contributed by atoms with E-state index in [1.807, 2.05) is 15.9 Å². The molecule has 4 heterocycles. The van der Waals surface area contributed by atoms with Crippen LogP contribution in [0.5, 0.6) is 0 Å². The quantitative estimate of drug-likeness (QED) is 0.791. The molecule has 1 aromatic rings. The third kappa shape index (κ3) is 4.08. The van der Waals surface area contributed by atoms with Crippen molar-refractivity contribution >= 4 is 17.7 Å². The first-order valence-corrected chi connectivity index (χ1v) is 10.5. The lowest BCUT2D eigenvalue weighted by molar-refractivity contribution is -0.143. The van der Waals surface area contributed by atoms with Crippen molar-refractivity contribution in [1.29, 1.82) is 0 Å². The smallest absolute Gasteiger partial charge is 0.227 e. The molecule has 0 bridgehead atoms. The number of rotatable bonds is 4. The minimum atomic E-state index is -0.281. The number of hydrogen-bond donors (Lipinski definition) is 0. The van der Waals surface area contributed by atoms with Crippen molar-refractivity contribution in [3.63, 3.8) is 0 Å². The Bertz CT molecular complexity index is 703. The summed E-state index contributed by atoms with van der Waals surface area (Å²) in [7, 11) is 0. The molecule has 28 heavy (non-hydrogen) atoms. The summed E-state index contributed by atoms with van der Waals surface area (Å²) >= 11 is 0. The third-order valence-electron chi connectivity index (χ3n) is 6.31. The molecule has 1 atom stereocenters. The highest BCUT2D eigenvalue weighted by Crippen LogP contribution is 2.26. The molecular weight excluding hydrogens is 358 g/mol. The fraction of sp³-hybridized carbons (Fsp3) is 0.667. The predicted octanol–water partition coefficient (Wildman–Crippen LogP) is 1.88. The molecule has 152 valence electrons. The fourth-order valence-electron chi connectivity index (χ4n) is 4.66. The molecule has 3 amide bonds. The van der Waals surface area contributed by atoms with E-state index in [4.69, 9.17) is 4.42 Å². The molecular formula is C21H29N3O4. The second-order valence-electron chi connectivity index (χ2n) is 8.24. The molecule has 3 aliphatic rings. The molecule has 1 unspecified atom stereocenters. The number of amides is 3. The van der Waals surface area contributed by atoms with Crippen LogP contribution in [0, 0.1) is 11.8 Å². The highest BCUT2D eigenvalue weighted by atomic mass is 16.3. The van der Waals surface area contributed by atoms with Gasteiger partial charge in [-0.1, -0.05) is 0 Å². The van der Waals surface area contributed by atoms with Gasteiger partial charge in [0.05, 0.1) is 18.7 Å². The molecule has 3 saturated heterocycles. The molecule has 0 spiro atoms. The molecule has 0 N–H and O–H groups in total. The maximum Gasteiger partial charge on any atom is 0.227 e. The van der Waals surface area contributed by atoms with E-state index in [0.717, 1.165) is 44.5 Å². The number of nitrogens with zero attached hydrogens (tertiary/aromatic N) is 3. The van der Waals surface area contributed by atoms with Gasteiger partial charge in [-0.15, -0.1) is 0 Å². The predicted molar refractivity (Wildman–Crippen MR) is 102 cm³/mol. The van der Waals surface area contributed by atoms with Crippen molar-refractivity contribution in [3.05, 3.63) is 24.2 Å². The molecule has 1 aromatic heterocycles. The monoisotopic (exact) mass is 387 g/mol. The van der Waals surface area contributed by atoms with Crippen LogP contribution in [0.1, 0.15) is 44.3 Å². The van der Waals surface area contributed by atoms with E-state index in [1.165, 1.54) is 6.42 Å². The van der Waals surface area contributed by atoms with E-state index in [1.54, 1.807) is 17.2 Å². The Morgan fingerprint density at radius 2 is 1.64 bits per heavy atom. The summed E-state index contributed by atoms with van der Waals surface area (Å²) in [4.78, 5) is 43.4. The van der Waals surface area contributed by atoms with Crippen LogP contribution in [0.25, 0.3) is 0 Å². The van der Waals surface area contributed by atoms with E-state index in [0.29, 0.717) is 26.2 Å². The summed E-state index contributed by atoms with van der Waals surface area (Å²) in [6, 6.07) is 3.64. The van der Waals surface area contributed by atoms with Crippen molar-refractivity contribution in [2.24, 2.45) is 11.8 Å². The average molecular weight is 387 g/mol. The number of carbonyl (C=O) groups is 3. The Kier molecular flexibility index (Phi) is 5.69. The fourth-order valence-corrected chi connectivity index (χ4v) is 4.66. The number of carbonyl (C=O) groups excluding carboxylic acids is 3. The zero-order valence-corrected chi connectivity index (χ0v) is 16.3. The van der Waals surface area contributed by atoms with Gasteiger partial charge < -0.3 is 19.1 Å². The molecule has 7 heteroatoms. The SMILES string of the molecule is O=C1CC(C(=O)N2CCC(C(=O)N3CCCCC3)CC2)CN1Cc1ccco1. The summed E-state index contributed by atoms with van der Waals surface area (Å²) < 4.78 is 5.31. The van der Waals surface area contributed by atoms with Crippen molar-refractivity contribution < 1.29 is 18.8 Å². The highest BCUT2D eigenvalue weighted by molar-refractivity contribution is 5.89. The van der Waals surface area contributed by atoms with Gasteiger partial charge in [0.15, 0.2) is 0 Å². The van der Waals surface area contributed by atoms with Crippen molar-refractivity contribution in [2.45, 2.75) is 45.1 Å². The standard InChI is InChI=1S/C21H29N3O4/c25-19-13-17(14-24(19)15-18-5-4-12-28-18)21(27)23-10-6-16(7-11-23)20(26)22-8-2-1-3-9-22/h4-5,12,16-17H,1-3,6-11,13-15H2. The van der Waals surface area contributed by atoms with E-state index in [2.05, 4.69) is 0 Å². The Labute approximate surface area is 165 Å². The van der Waals surface area contributed by atoms with Gasteiger partial charge in [0.2, 0.25) is 17.7 Å². The van der Waals surface area contributed by atoms with Crippen LogP contribution in [-0.2, 0) is 20.9 Å². The normalized spacial score (nSPS) is 24.1. The molecule has 0 aliphatic carbocycles. The van der Waals surface area contributed by atoms with Crippen LogP contribution in [0.3, 0.4) is 0 Å². The molecule has 0 radical (unpaired) electrons. The number of hydrogen-bond acceptors (Lipinski definition) is 4. The van der Waals surface area contributed by atoms with E-state index >= 15 is 0 Å². The molecule has 0 saturated carbocycles. The second kappa shape index (κ2) is 8.37. The van der Waals surface area contributed by atoms with Gasteiger partial charge in [0.25, 0.3) is 0 Å². The molecule has 7 nitrogen and oxygen atoms in total. The summed E-state index contributed by atoms with van der Waals surface area (Å²) in [5.41, 5.74) is 0. The first kappa shape index (κ1) is 19.0. The molecule has 3 aliphatic heterocycles. The van der Waals surface area contributed by atoms with Gasteiger partial charge in [-0.25, -0.2) is 0 Å². The maximum absolute atomic E-state index is 12.9. The molecule has 3 fully saturated rings. The summed E-state index contributed by atoms with van der Waals surface area (Å²) in [6.07, 6.45) is 6.75. The third-order valence-corrected chi connectivity index (χ3v) is 6.31. The largest absolute Gasteiger partial charge is 0.467 e. The van der Waals surface area contributed by atoms with Gasteiger partial charge in [-0.2, -0.15) is 0 Å². The Morgan fingerprint density at radius 1 is 0.964 bits per heavy atom. The maximum atomic E-state index is 12.9. The van der Waals surface area contributed by atoms with Crippen LogP contribution in [0.4, 0.5) is 0 Å². The van der Waals surface area contributed by atoms with E-state index in [-0.39, 0.29) is 36.0 Å². The Hall–Kier alpha value is -2.31. The minimum absolute atomic E-state index is 0.00455. The number of furan rings is 1. The molecule has 0 aromatic carbocycles.